The van der Waals surface area contributed by atoms with Gasteiger partial charge in [0.15, 0.2) is 9.84 Å². The van der Waals surface area contributed by atoms with Crippen molar-refractivity contribution in [3.05, 3.63) is 0 Å². The molecule has 3 unspecified atom stereocenters. The van der Waals surface area contributed by atoms with Gasteiger partial charge in [-0.1, -0.05) is 19.8 Å². The van der Waals surface area contributed by atoms with Crippen LogP contribution < -0.4 is 5.32 Å². The molecule has 0 aliphatic carbocycles. The van der Waals surface area contributed by atoms with Crippen LogP contribution in [0.5, 0.6) is 0 Å². The minimum atomic E-state index is -3.30. The molecule has 0 radical (unpaired) electrons. The first kappa shape index (κ1) is 17.9. The van der Waals surface area contributed by atoms with Crippen LogP contribution in [0, 0.1) is 5.92 Å². The maximum absolute atomic E-state index is 12.0. The lowest BCUT2D eigenvalue weighted by Crippen LogP contribution is -2.45. The van der Waals surface area contributed by atoms with E-state index >= 15 is 0 Å². The second kappa shape index (κ2) is 7.77. The zero-order valence-electron chi connectivity index (χ0n) is 12.7. The lowest BCUT2D eigenvalue weighted by atomic mass is 10.0. The highest BCUT2D eigenvalue weighted by molar-refractivity contribution is 7.92. The van der Waals surface area contributed by atoms with Gasteiger partial charge in [0.1, 0.15) is 5.25 Å². The molecule has 6 nitrogen and oxygen atoms in total. The third-order valence-corrected chi connectivity index (χ3v) is 6.13. The summed E-state index contributed by atoms with van der Waals surface area (Å²) in [5.41, 5.74) is 0. The number of aliphatic carboxylic acids is 1. The van der Waals surface area contributed by atoms with E-state index in [-0.39, 0.29) is 11.8 Å². The molecule has 0 aromatic rings. The fourth-order valence-corrected chi connectivity index (χ4v) is 4.32. The molecule has 1 aliphatic heterocycles. The van der Waals surface area contributed by atoms with Crippen LogP contribution in [-0.4, -0.2) is 42.4 Å². The van der Waals surface area contributed by atoms with Gasteiger partial charge < -0.3 is 10.4 Å². The van der Waals surface area contributed by atoms with Crippen molar-refractivity contribution in [2.75, 3.05) is 5.75 Å². The molecule has 1 heterocycles. The molecule has 1 fully saturated rings. The van der Waals surface area contributed by atoms with Crippen molar-refractivity contribution in [3.8, 4) is 0 Å². The van der Waals surface area contributed by atoms with E-state index in [4.69, 9.17) is 5.11 Å². The lowest BCUT2D eigenvalue weighted by molar-refractivity contribution is -0.141. The summed E-state index contributed by atoms with van der Waals surface area (Å²) >= 11 is 0. The Bertz CT molecular complexity index is 474. The molecule has 1 aliphatic rings. The van der Waals surface area contributed by atoms with Gasteiger partial charge in [0, 0.05) is 6.04 Å². The first-order valence-corrected chi connectivity index (χ1v) is 9.20. The number of carbonyl (C=O) groups is 2. The number of carboxylic acids is 1. The minimum absolute atomic E-state index is 0.0929. The van der Waals surface area contributed by atoms with Crippen LogP contribution in [0.25, 0.3) is 0 Å². The zero-order valence-corrected chi connectivity index (χ0v) is 13.5. The molecule has 0 aromatic carbocycles. The minimum Gasteiger partial charge on any atom is -0.481 e. The highest BCUT2D eigenvalue weighted by atomic mass is 32.2. The van der Waals surface area contributed by atoms with Crippen molar-refractivity contribution >= 4 is 21.7 Å². The van der Waals surface area contributed by atoms with Gasteiger partial charge in [-0.25, -0.2) is 8.42 Å². The predicted octanol–water partition coefficient (Wildman–Crippen LogP) is 1.35. The maximum Gasteiger partial charge on any atom is 0.306 e. The van der Waals surface area contributed by atoms with E-state index in [0.29, 0.717) is 32.1 Å². The number of hydrogen-bond acceptors (Lipinski definition) is 4. The number of nitrogens with one attached hydrogen (secondary N) is 1. The van der Waals surface area contributed by atoms with Gasteiger partial charge in [0.05, 0.1) is 11.7 Å². The van der Waals surface area contributed by atoms with E-state index in [1.165, 1.54) is 0 Å². The van der Waals surface area contributed by atoms with E-state index < -0.39 is 32.9 Å². The normalized spacial score (nSPS) is 24.0. The van der Waals surface area contributed by atoms with Crippen LogP contribution in [0.3, 0.4) is 0 Å². The molecule has 0 saturated carbocycles. The topological polar surface area (TPSA) is 101 Å². The van der Waals surface area contributed by atoms with Gasteiger partial charge in [-0.15, -0.1) is 0 Å². The van der Waals surface area contributed by atoms with Crippen LogP contribution in [0.4, 0.5) is 0 Å². The summed E-state index contributed by atoms with van der Waals surface area (Å²) in [6, 6.07) is -0.143. The van der Waals surface area contributed by atoms with E-state index in [2.05, 4.69) is 5.32 Å². The molecular formula is C14H25NO5S. The van der Waals surface area contributed by atoms with Gasteiger partial charge >= 0.3 is 5.97 Å². The average molecular weight is 319 g/mol. The molecule has 3 atom stereocenters. The largest absolute Gasteiger partial charge is 0.481 e. The number of sulfone groups is 1. The molecule has 0 bridgehead atoms. The summed E-state index contributed by atoms with van der Waals surface area (Å²) in [5.74, 6) is -1.53. The van der Waals surface area contributed by atoms with Crippen LogP contribution in [0.2, 0.25) is 0 Å². The fourth-order valence-electron chi connectivity index (χ4n) is 2.51. The summed E-state index contributed by atoms with van der Waals surface area (Å²) in [6.45, 7) is 3.47. The summed E-state index contributed by atoms with van der Waals surface area (Å²) in [4.78, 5) is 22.7. The molecule has 7 heteroatoms. The van der Waals surface area contributed by atoms with Gasteiger partial charge in [-0.05, 0) is 32.6 Å². The third kappa shape index (κ3) is 5.65. The van der Waals surface area contributed by atoms with Crippen LogP contribution in [-0.2, 0) is 19.4 Å². The van der Waals surface area contributed by atoms with Crippen molar-refractivity contribution in [1.82, 2.24) is 5.32 Å². The average Bonchev–Trinajstić information content (AvgIpc) is 2.37. The Labute approximate surface area is 126 Å². The van der Waals surface area contributed by atoms with Gasteiger partial charge in [-0.3, -0.25) is 9.59 Å². The van der Waals surface area contributed by atoms with Crippen LogP contribution >= 0.6 is 0 Å². The molecule has 1 saturated heterocycles. The maximum atomic E-state index is 12.0. The Morgan fingerprint density at radius 3 is 2.48 bits per heavy atom. The van der Waals surface area contributed by atoms with Gasteiger partial charge in [0.25, 0.3) is 0 Å². The molecule has 1 rings (SSSR count). The van der Waals surface area contributed by atoms with Crippen LogP contribution in [0.15, 0.2) is 0 Å². The van der Waals surface area contributed by atoms with Crippen molar-refractivity contribution < 1.29 is 23.1 Å². The number of amides is 1. The van der Waals surface area contributed by atoms with E-state index in [9.17, 15) is 18.0 Å². The molecule has 0 aromatic heterocycles. The van der Waals surface area contributed by atoms with Crippen molar-refractivity contribution in [2.45, 2.75) is 63.7 Å². The van der Waals surface area contributed by atoms with E-state index in [0.717, 1.165) is 6.42 Å². The Kier molecular flexibility index (Phi) is 6.64. The van der Waals surface area contributed by atoms with Crippen molar-refractivity contribution in [2.24, 2.45) is 5.92 Å². The molecule has 1 amide bonds. The Balaban J connectivity index is 2.38. The molecule has 122 valence electrons. The molecule has 0 spiro atoms. The summed E-state index contributed by atoms with van der Waals surface area (Å²) < 4.78 is 23.7. The predicted molar refractivity (Wildman–Crippen MR) is 79.7 cm³/mol. The first-order chi connectivity index (χ1) is 9.74. The highest BCUT2D eigenvalue weighted by Crippen LogP contribution is 2.20. The Morgan fingerprint density at radius 2 is 1.90 bits per heavy atom. The van der Waals surface area contributed by atoms with Crippen molar-refractivity contribution in [1.29, 1.82) is 0 Å². The number of hydrogen-bond donors (Lipinski definition) is 2. The standard InChI is InChI=1S/C14H25NO5S/c1-10(14(17)18)6-5-7-11(2)15-13(16)12-8-3-4-9-21(12,19)20/h10-12H,3-9H2,1-2H3,(H,15,16)(H,17,18). The second-order valence-corrected chi connectivity index (χ2v) is 8.23. The molecular weight excluding hydrogens is 294 g/mol. The molecule has 2 N–H and O–H groups in total. The number of rotatable bonds is 7. The quantitative estimate of drug-likeness (QED) is 0.737. The number of carbonyl (C=O) groups excluding carboxylic acids is 1. The third-order valence-electron chi connectivity index (χ3n) is 3.96. The van der Waals surface area contributed by atoms with Crippen molar-refractivity contribution in [3.63, 3.8) is 0 Å². The van der Waals surface area contributed by atoms with Gasteiger partial charge in [-0.2, -0.15) is 0 Å². The second-order valence-electron chi connectivity index (χ2n) is 5.93. The van der Waals surface area contributed by atoms with E-state index in [1.807, 2.05) is 6.92 Å². The van der Waals surface area contributed by atoms with E-state index in [1.54, 1.807) is 6.92 Å². The molecule has 21 heavy (non-hydrogen) atoms. The highest BCUT2D eigenvalue weighted by Gasteiger charge is 2.35. The Hall–Kier alpha value is -1.11. The summed E-state index contributed by atoms with van der Waals surface area (Å²) in [6.07, 6.45) is 3.69. The van der Waals surface area contributed by atoms with Crippen LogP contribution in [0.1, 0.15) is 52.4 Å². The smallest absolute Gasteiger partial charge is 0.306 e. The summed E-state index contributed by atoms with van der Waals surface area (Å²) in [7, 11) is -3.30. The monoisotopic (exact) mass is 319 g/mol. The lowest BCUT2D eigenvalue weighted by Gasteiger charge is -2.23. The number of carboxylic acid groups (broad SMARTS) is 1. The Morgan fingerprint density at radius 1 is 1.24 bits per heavy atom. The van der Waals surface area contributed by atoms with Gasteiger partial charge in [0.2, 0.25) is 5.91 Å². The first-order valence-electron chi connectivity index (χ1n) is 7.49. The summed E-state index contributed by atoms with van der Waals surface area (Å²) in [5, 5.41) is 10.6. The fraction of sp³-hybridized carbons (Fsp3) is 0.857. The zero-order chi connectivity index (χ0) is 16.0. The SMILES string of the molecule is CC(CCCC(C)C(=O)O)NC(=O)C1CCCCS1(=O)=O.